The van der Waals surface area contributed by atoms with Crippen molar-refractivity contribution in [2.75, 3.05) is 26.7 Å². The molecule has 11 atom stereocenters. The lowest BCUT2D eigenvalue weighted by Crippen LogP contribution is -2.69. The van der Waals surface area contributed by atoms with Gasteiger partial charge in [-0.05, 0) is 39.4 Å². The Morgan fingerprint density at radius 2 is 1.86 bits per heavy atom. The molecule has 3 rings (SSSR count). The van der Waals surface area contributed by atoms with Crippen molar-refractivity contribution in [3.8, 4) is 0 Å². The summed E-state index contributed by atoms with van der Waals surface area (Å²) in [4.78, 5) is 0. The number of nitrogens with two attached hydrogens (primary N) is 3. The van der Waals surface area contributed by atoms with Gasteiger partial charge >= 0.3 is 10.4 Å². The largest absolute Gasteiger partial charge is 0.467 e. The van der Waals surface area contributed by atoms with Gasteiger partial charge in [0.05, 0.1) is 25.2 Å². The fourth-order valence-electron chi connectivity index (χ4n) is 5.07. The highest BCUT2D eigenvalue weighted by Gasteiger charge is 2.53. The minimum Gasteiger partial charge on any atom is -0.467 e. The van der Waals surface area contributed by atoms with Crippen molar-refractivity contribution in [3.63, 3.8) is 0 Å². The van der Waals surface area contributed by atoms with Crippen LogP contribution in [0.4, 0.5) is 0 Å². The SMILES string of the molecule is CCN[C@@H]1C[C@H](N)[C@@H](O[C@H]2OC(CN)=CC[C@H]2N)[C@H](O)[C@H]1O[C@H]1OC[C@](C)(O)[C@H](NC)[C@H]1OS(=O)(=O)O. The Bertz CT molecular complexity index is 893. The molecule has 2 aliphatic heterocycles. The van der Waals surface area contributed by atoms with Gasteiger partial charge in [-0.25, -0.2) is 4.18 Å². The van der Waals surface area contributed by atoms with E-state index in [9.17, 15) is 23.2 Å². The number of ether oxygens (including phenoxy) is 4. The molecular weight excluding hydrogens is 514 g/mol. The van der Waals surface area contributed by atoms with Crippen LogP contribution in [0.1, 0.15) is 26.7 Å². The second kappa shape index (κ2) is 12.5. The number of aliphatic hydroxyl groups excluding tert-OH is 1. The molecule has 1 aliphatic carbocycles. The van der Waals surface area contributed by atoms with Crippen LogP contribution in [0.25, 0.3) is 0 Å². The number of aliphatic hydroxyl groups is 2. The molecule has 37 heavy (non-hydrogen) atoms. The molecule has 15 nitrogen and oxygen atoms in total. The van der Waals surface area contributed by atoms with Gasteiger partial charge in [-0.2, -0.15) is 8.42 Å². The molecule has 0 bridgehead atoms. The molecular formula is C21H41N5O10S. The normalized spacial score (nSPS) is 43.2. The monoisotopic (exact) mass is 555 g/mol. The summed E-state index contributed by atoms with van der Waals surface area (Å²) >= 11 is 0. The van der Waals surface area contributed by atoms with E-state index in [2.05, 4.69) is 10.6 Å². The molecule has 1 saturated heterocycles. The van der Waals surface area contributed by atoms with Gasteiger partial charge in [-0.15, -0.1) is 0 Å². The van der Waals surface area contributed by atoms with E-state index in [1.807, 2.05) is 6.92 Å². The molecule has 0 amide bonds. The summed E-state index contributed by atoms with van der Waals surface area (Å²) in [6, 6.07) is -2.66. The molecule has 1 saturated carbocycles. The lowest BCUT2D eigenvalue weighted by atomic mass is 9.83. The van der Waals surface area contributed by atoms with Crippen LogP contribution in [0.5, 0.6) is 0 Å². The molecule has 0 unspecified atom stereocenters. The molecule has 16 heteroatoms. The van der Waals surface area contributed by atoms with E-state index in [0.717, 1.165) is 0 Å². The summed E-state index contributed by atoms with van der Waals surface area (Å²) in [6.45, 7) is 3.71. The average molecular weight is 556 g/mol. The third-order valence-electron chi connectivity index (χ3n) is 6.85. The molecule has 3 aliphatic rings. The first-order valence-electron chi connectivity index (χ1n) is 12.3. The Hall–Kier alpha value is -0.990. The standard InChI is InChI=1S/C21H41N5O10S/c1-4-26-13-7-12(24)15(34-19-11(23)6-5-10(8-22)33-19)14(27)16(13)35-20-17(36-37(29,30)31)18(25-3)21(2,28)9-32-20/h5,11-20,25-28H,4,6-9,22-24H2,1-3H3,(H,29,30,31)/t11-,12+,13-,14+,15-,16+,17-,18-,19-,20-,21+/m1/s1. The second-order valence-corrected chi connectivity index (χ2v) is 10.9. The maximum Gasteiger partial charge on any atom is 0.397 e. The number of nitrogens with one attached hydrogen (secondary N) is 2. The maximum absolute atomic E-state index is 11.6. The fourth-order valence-corrected chi connectivity index (χ4v) is 5.55. The van der Waals surface area contributed by atoms with Crippen LogP contribution in [0.2, 0.25) is 0 Å². The lowest BCUT2D eigenvalue weighted by Gasteiger charge is -2.49. The van der Waals surface area contributed by atoms with Crippen molar-refractivity contribution in [3.05, 3.63) is 11.8 Å². The molecule has 2 heterocycles. The number of rotatable bonds is 10. The van der Waals surface area contributed by atoms with Gasteiger partial charge in [0.2, 0.25) is 6.29 Å². The van der Waals surface area contributed by atoms with Crippen molar-refractivity contribution in [2.45, 2.75) is 93.5 Å². The Balaban J connectivity index is 1.85. The van der Waals surface area contributed by atoms with Crippen molar-refractivity contribution >= 4 is 10.4 Å². The Kier molecular flexibility index (Phi) is 10.3. The molecule has 2 fully saturated rings. The van der Waals surface area contributed by atoms with Gasteiger partial charge in [-0.1, -0.05) is 6.92 Å². The molecule has 0 aromatic rings. The summed E-state index contributed by atoms with van der Waals surface area (Å²) in [6.07, 6.45) is -4.59. The van der Waals surface area contributed by atoms with Gasteiger partial charge in [0.1, 0.15) is 35.8 Å². The molecule has 11 N–H and O–H groups in total. The van der Waals surface area contributed by atoms with E-state index < -0.39 is 77.2 Å². The minimum atomic E-state index is -4.96. The third kappa shape index (κ3) is 7.36. The second-order valence-electron chi connectivity index (χ2n) is 9.81. The summed E-state index contributed by atoms with van der Waals surface area (Å²) in [5, 5.41) is 28.1. The number of likely N-dealkylation sites (N-methyl/N-ethyl adjacent to an activating group) is 2. The topological polar surface area (TPSA) is 243 Å². The highest BCUT2D eigenvalue weighted by molar-refractivity contribution is 7.80. The van der Waals surface area contributed by atoms with Crippen LogP contribution in [0.15, 0.2) is 11.8 Å². The van der Waals surface area contributed by atoms with Crippen LogP contribution in [0, 0.1) is 0 Å². The smallest absolute Gasteiger partial charge is 0.397 e. The molecule has 0 aromatic heterocycles. The van der Waals surface area contributed by atoms with Crippen LogP contribution >= 0.6 is 0 Å². The van der Waals surface area contributed by atoms with E-state index in [-0.39, 0.29) is 13.2 Å². The summed E-state index contributed by atoms with van der Waals surface area (Å²) < 4.78 is 61.0. The van der Waals surface area contributed by atoms with Gasteiger partial charge < -0.3 is 57.0 Å². The Labute approximate surface area is 216 Å². The zero-order chi connectivity index (χ0) is 27.5. The Morgan fingerprint density at radius 3 is 2.46 bits per heavy atom. The predicted molar refractivity (Wildman–Crippen MR) is 130 cm³/mol. The van der Waals surface area contributed by atoms with E-state index in [4.69, 9.17) is 40.3 Å². The van der Waals surface area contributed by atoms with Gasteiger partial charge in [-0.3, -0.25) is 4.55 Å². The van der Waals surface area contributed by atoms with Crippen molar-refractivity contribution < 1.29 is 46.3 Å². The number of hydrogen-bond acceptors (Lipinski definition) is 14. The van der Waals surface area contributed by atoms with E-state index >= 15 is 0 Å². The summed E-state index contributed by atoms with van der Waals surface area (Å²) in [7, 11) is -3.48. The van der Waals surface area contributed by atoms with Crippen LogP contribution in [0.3, 0.4) is 0 Å². The first kappa shape index (κ1) is 30.6. The minimum absolute atomic E-state index is 0.157. The molecule has 0 radical (unpaired) electrons. The van der Waals surface area contributed by atoms with E-state index in [1.54, 1.807) is 6.08 Å². The highest BCUT2D eigenvalue weighted by Crippen LogP contribution is 2.33. The summed E-state index contributed by atoms with van der Waals surface area (Å²) in [5.41, 5.74) is 16.6. The quantitative estimate of drug-likeness (QED) is 0.123. The van der Waals surface area contributed by atoms with Crippen molar-refractivity contribution in [2.24, 2.45) is 17.2 Å². The first-order chi connectivity index (χ1) is 17.3. The molecule has 216 valence electrons. The van der Waals surface area contributed by atoms with Gasteiger partial charge in [0.25, 0.3) is 0 Å². The maximum atomic E-state index is 11.6. The fraction of sp³-hybridized carbons (Fsp3) is 0.905. The van der Waals surface area contributed by atoms with Gasteiger partial charge in [0, 0.05) is 12.1 Å². The first-order valence-corrected chi connectivity index (χ1v) is 13.6. The van der Waals surface area contributed by atoms with Crippen LogP contribution in [-0.4, -0.2) is 117 Å². The van der Waals surface area contributed by atoms with E-state index in [1.165, 1.54) is 14.0 Å². The summed E-state index contributed by atoms with van der Waals surface area (Å²) in [5.74, 6) is 0.509. The van der Waals surface area contributed by atoms with Crippen molar-refractivity contribution in [1.82, 2.24) is 10.6 Å². The van der Waals surface area contributed by atoms with Gasteiger partial charge in [0.15, 0.2) is 6.29 Å². The Morgan fingerprint density at radius 1 is 1.19 bits per heavy atom. The van der Waals surface area contributed by atoms with Crippen molar-refractivity contribution in [1.29, 1.82) is 0 Å². The zero-order valence-corrected chi connectivity index (χ0v) is 22.0. The number of hydrogen-bond donors (Lipinski definition) is 8. The highest BCUT2D eigenvalue weighted by atomic mass is 32.3. The molecule has 0 aromatic carbocycles. The lowest BCUT2D eigenvalue weighted by molar-refractivity contribution is -0.300. The van der Waals surface area contributed by atoms with E-state index in [0.29, 0.717) is 25.1 Å². The van der Waals surface area contributed by atoms with Crippen LogP contribution < -0.4 is 27.8 Å². The van der Waals surface area contributed by atoms with Crippen LogP contribution in [-0.2, 0) is 33.5 Å². The molecule has 0 spiro atoms. The third-order valence-corrected chi connectivity index (χ3v) is 7.32. The zero-order valence-electron chi connectivity index (χ0n) is 21.2. The average Bonchev–Trinajstić information content (AvgIpc) is 2.80. The predicted octanol–water partition coefficient (Wildman–Crippen LogP) is -3.37.